The van der Waals surface area contributed by atoms with Crippen LogP contribution in [0.2, 0.25) is 0 Å². The highest BCUT2D eigenvalue weighted by Crippen LogP contribution is 2.37. The fourth-order valence-electron chi connectivity index (χ4n) is 2.70. The van der Waals surface area contributed by atoms with E-state index in [-0.39, 0.29) is 18.1 Å². The number of ether oxygens (including phenoxy) is 2. The normalized spacial score (nSPS) is 12.9. The Bertz CT molecular complexity index is 691. The summed E-state index contributed by atoms with van der Waals surface area (Å²) < 4.78 is 9.57. The van der Waals surface area contributed by atoms with Crippen LogP contribution in [-0.2, 0) is 19.7 Å². The van der Waals surface area contributed by atoms with Gasteiger partial charge in [-0.1, -0.05) is 31.2 Å². The van der Waals surface area contributed by atoms with Gasteiger partial charge in [-0.3, -0.25) is 9.59 Å². The molecule has 0 aliphatic heterocycles. The number of esters is 1. The molecule has 0 spiro atoms. The van der Waals surface area contributed by atoms with Crippen LogP contribution in [0.25, 0.3) is 0 Å². The Balaban J connectivity index is 2.39. The van der Waals surface area contributed by atoms with Crippen LogP contribution in [-0.4, -0.2) is 24.7 Å². The van der Waals surface area contributed by atoms with Crippen LogP contribution in [0.15, 0.2) is 48.5 Å². The Morgan fingerprint density at radius 2 is 1.62 bits per heavy atom. The average Bonchev–Trinajstić information content (AvgIpc) is 2.61. The number of hydrogen-bond acceptors (Lipinski definition) is 5. The molecule has 24 heavy (non-hydrogen) atoms. The lowest BCUT2D eigenvalue weighted by Gasteiger charge is -2.31. The number of phenols is 1. The fraction of sp³-hybridized carbons (Fsp3) is 0.263. The van der Waals surface area contributed by atoms with Crippen molar-refractivity contribution in [1.29, 1.82) is 0 Å². The quantitative estimate of drug-likeness (QED) is 0.624. The maximum Gasteiger partial charge on any atom is 0.305 e. The second-order valence-corrected chi connectivity index (χ2v) is 5.69. The number of phenolic OH excluding ortho intramolecular Hbond substituents is 1. The van der Waals surface area contributed by atoms with E-state index in [4.69, 9.17) is 9.47 Å². The molecule has 0 radical (unpaired) electrons. The van der Waals surface area contributed by atoms with Crippen LogP contribution in [0.3, 0.4) is 0 Å². The average molecular weight is 328 g/mol. The molecular formula is C19H20O5. The number of benzene rings is 2. The van der Waals surface area contributed by atoms with Crippen molar-refractivity contribution in [2.24, 2.45) is 0 Å². The van der Waals surface area contributed by atoms with Crippen LogP contribution < -0.4 is 4.74 Å². The van der Waals surface area contributed by atoms with Gasteiger partial charge in [0.25, 0.3) is 6.47 Å². The van der Waals surface area contributed by atoms with Crippen molar-refractivity contribution in [3.05, 3.63) is 59.7 Å². The summed E-state index contributed by atoms with van der Waals surface area (Å²) in [7, 11) is 1.37. The number of hydrogen-bond donors (Lipinski definition) is 1. The molecule has 1 atom stereocenters. The van der Waals surface area contributed by atoms with E-state index in [0.29, 0.717) is 18.6 Å². The Hall–Kier alpha value is -2.82. The maximum absolute atomic E-state index is 11.6. The van der Waals surface area contributed by atoms with Crippen LogP contribution in [0.4, 0.5) is 0 Å². The zero-order chi connectivity index (χ0) is 17.6. The van der Waals surface area contributed by atoms with Crippen molar-refractivity contribution in [1.82, 2.24) is 0 Å². The molecule has 2 aromatic carbocycles. The molecule has 5 nitrogen and oxygen atoms in total. The molecule has 0 aromatic heterocycles. The van der Waals surface area contributed by atoms with Gasteiger partial charge >= 0.3 is 5.97 Å². The van der Waals surface area contributed by atoms with Gasteiger partial charge in [0.2, 0.25) is 0 Å². The predicted octanol–water partition coefficient (Wildman–Crippen LogP) is 3.19. The summed E-state index contributed by atoms with van der Waals surface area (Å²) in [5.74, 6) is 0.361. The Kier molecular flexibility index (Phi) is 5.58. The summed E-state index contributed by atoms with van der Waals surface area (Å²) in [4.78, 5) is 22.0. The summed E-state index contributed by atoms with van der Waals surface area (Å²) >= 11 is 0. The van der Waals surface area contributed by atoms with Crippen molar-refractivity contribution in [2.75, 3.05) is 7.11 Å². The van der Waals surface area contributed by atoms with Gasteiger partial charge in [0.15, 0.2) is 0 Å². The molecule has 5 heteroatoms. The second kappa shape index (κ2) is 7.64. The molecule has 0 saturated carbocycles. The highest BCUT2D eigenvalue weighted by molar-refractivity contribution is 5.69. The number of carbonyl (C=O) groups is 2. The van der Waals surface area contributed by atoms with Gasteiger partial charge in [0.05, 0.1) is 7.11 Å². The van der Waals surface area contributed by atoms with E-state index in [0.717, 1.165) is 11.1 Å². The minimum Gasteiger partial charge on any atom is -0.508 e. The largest absolute Gasteiger partial charge is 0.508 e. The number of methoxy groups -OCH3 is 1. The summed E-state index contributed by atoms with van der Waals surface area (Å²) in [6, 6.07) is 14.1. The standard InChI is InChI=1S/C19H20O5/c1-19(12-11-18(22)23-2,14-3-7-16(21)8-4-14)15-5-9-17(10-6-15)24-13-20/h3-10,13,21H,11-12H2,1-2H3. The fourth-order valence-corrected chi connectivity index (χ4v) is 2.70. The van der Waals surface area contributed by atoms with Crippen LogP contribution >= 0.6 is 0 Å². The van der Waals surface area contributed by atoms with E-state index in [9.17, 15) is 14.7 Å². The third kappa shape index (κ3) is 3.93. The van der Waals surface area contributed by atoms with Gasteiger partial charge in [-0.05, 0) is 41.8 Å². The van der Waals surface area contributed by atoms with Crippen molar-refractivity contribution < 1.29 is 24.2 Å². The highest BCUT2D eigenvalue weighted by atomic mass is 16.5. The smallest absolute Gasteiger partial charge is 0.305 e. The van der Waals surface area contributed by atoms with E-state index >= 15 is 0 Å². The van der Waals surface area contributed by atoms with Crippen LogP contribution in [0, 0.1) is 0 Å². The number of aromatic hydroxyl groups is 1. The van der Waals surface area contributed by atoms with Gasteiger partial charge < -0.3 is 14.6 Å². The first-order chi connectivity index (χ1) is 11.5. The first kappa shape index (κ1) is 17.5. The highest BCUT2D eigenvalue weighted by Gasteiger charge is 2.30. The summed E-state index contributed by atoms with van der Waals surface area (Å²) in [6.07, 6.45) is 0.804. The second-order valence-electron chi connectivity index (χ2n) is 5.69. The van der Waals surface area contributed by atoms with Crippen molar-refractivity contribution >= 4 is 12.4 Å². The monoisotopic (exact) mass is 328 g/mol. The molecule has 0 aliphatic rings. The van der Waals surface area contributed by atoms with Crippen molar-refractivity contribution in [2.45, 2.75) is 25.2 Å². The topological polar surface area (TPSA) is 72.8 Å². The van der Waals surface area contributed by atoms with E-state index in [1.165, 1.54) is 7.11 Å². The third-order valence-corrected chi connectivity index (χ3v) is 4.24. The van der Waals surface area contributed by atoms with Gasteiger partial charge in [-0.2, -0.15) is 0 Å². The molecule has 0 saturated heterocycles. The molecule has 2 aromatic rings. The lowest BCUT2D eigenvalue weighted by atomic mass is 9.73. The van der Waals surface area contributed by atoms with E-state index in [2.05, 4.69) is 0 Å². The molecule has 2 rings (SSSR count). The van der Waals surface area contributed by atoms with Gasteiger partial charge in [-0.15, -0.1) is 0 Å². The summed E-state index contributed by atoms with van der Waals surface area (Å²) in [5, 5.41) is 9.52. The Morgan fingerprint density at radius 3 is 2.12 bits per heavy atom. The number of carbonyl (C=O) groups excluding carboxylic acids is 2. The predicted molar refractivity (Wildman–Crippen MR) is 88.9 cm³/mol. The lowest BCUT2D eigenvalue weighted by Crippen LogP contribution is -2.25. The Morgan fingerprint density at radius 1 is 1.08 bits per heavy atom. The van der Waals surface area contributed by atoms with Crippen molar-refractivity contribution in [3.63, 3.8) is 0 Å². The molecule has 126 valence electrons. The first-order valence-electron chi connectivity index (χ1n) is 7.57. The van der Waals surface area contributed by atoms with Gasteiger partial charge in [0, 0.05) is 11.8 Å². The third-order valence-electron chi connectivity index (χ3n) is 4.24. The van der Waals surface area contributed by atoms with E-state index in [1.54, 1.807) is 24.3 Å². The van der Waals surface area contributed by atoms with E-state index < -0.39 is 5.41 Å². The molecule has 1 N–H and O–H groups in total. The van der Waals surface area contributed by atoms with Crippen molar-refractivity contribution in [3.8, 4) is 11.5 Å². The molecule has 0 aliphatic carbocycles. The molecule has 0 amide bonds. The minimum absolute atomic E-state index is 0.184. The summed E-state index contributed by atoms with van der Waals surface area (Å²) in [5.41, 5.74) is 1.48. The minimum atomic E-state index is -0.457. The molecule has 0 heterocycles. The van der Waals surface area contributed by atoms with E-state index in [1.807, 2.05) is 31.2 Å². The zero-order valence-corrected chi connectivity index (χ0v) is 13.7. The Labute approximate surface area is 140 Å². The van der Waals surface area contributed by atoms with Gasteiger partial charge in [0.1, 0.15) is 11.5 Å². The maximum atomic E-state index is 11.6. The molecule has 1 unspecified atom stereocenters. The molecule has 0 fully saturated rings. The summed E-state index contributed by atoms with van der Waals surface area (Å²) in [6.45, 7) is 2.41. The number of rotatable bonds is 7. The van der Waals surface area contributed by atoms with Crippen LogP contribution in [0.1, 0.15) is 30.9 Å². The zero-order valence-electron chi connectivity index (χ0n) is 13.7. The first-order valence-corrected chi connectivity index (χ1v) is 7.57. The SMILES string of the molecule is COC(=O)CCC(C)(c1ccc(O)cc1)c1ccc(OC=O)cc1. The molecular weight excluding hydrogens is 308 g/mol. The van der Waals surface area contributed by atoms with Gasteiger partial charge in [-0.25, -0.2) is 0 Å². The lowest BCUT2D eigenvalue weighted by molar-refractivity contribution is -0.141. The van der Waals surface area contributed by atoms with Crippen LogP contribution in [0.5, 0.6) is 11.5 Å². The molecule has 0 bridgehead atoms.